The number of nitrogens with two attached hydrogens (primary N) is 1. The molecule has 5 heteroatoms. The maximum Gasteiger partial charge on any atom is 0.229 e. The molecule has 1 amide bonds. The third-order valence-electron chi connectivity index (χ3n) is 2.58. The van der Waals surface area contributed by atoms with Crippen LogP contribution in [0.1, 0.15) is 13.8 Å². The van der Waals surface area contributed by atoms with E-state index in [2.05, 4.69) is 21.2 Å². The van der Waals surface area contributed by atoms with Gasteiger partial charge in [-0.3, -0.25) is 4.79 Å². The van der Waals surface area contributed by atoms with Gasteiger partial charge < -0.3 is 11.1 Å². The van der Waals surface area contributed by atoms with E-state index in [1.165, 1.54) is 6.07 Å². The summed E-state index contributed by atoms with van der Waals surface area (Å²) >= 11 is 3.05. The van der Waals surface area contributed by atoms with Gasteiger partial charge in [0.2, 0.25) is 5.91 Å². The second kappa shape index (κ2) is 6.12. The zero-order valence-corrected chi connectivity index (χ0v) is 11.4. The first-order chi connectivity index (χ1) is 7.95. The lowest BCUT2D eigenvalue weighted by Crippen LogP contribution is -2.33. The van der Waals surface area contributed by atoms with Crippen LogP contribution < -0.4 is 11.1 Å². The van der Waals surface area contributed by atoms with Gasteiger partial charge in [-0.05, 0) is 40.0 Å². The van der Waals surface area contributed by atoms with Crippen LogP contribution in [0.5, 0.6) is 0 Å². The third kappa shape index (κ3) is 3.78. The number of rotatable bonds is 4. The summed E-state index contributed by atoms with van der Waals surface area (Å²) in [6.45, 7) is 4.14. The van der Waals surface area contributed by atoms with Gasteiger partial charge >= 0.3 is 0 Å². The minimum absolute atomic E-state index is 0.153. The molecule has 1 unspecified atom stereocenters. The summed E-state index contributed by atoms with van der Waals surface area (Å²) in [6.07, 6.45) is 0. The molecule has 0 aliphatic carbocycles. The molecule has 0 aromatic heterocycles. The van der Waals surface area contributed by atoms with Crippen LogP contribution in [0.2, 0.25) is 0 Å². The molecule has 0 saturated carbocycles. The zero-order chi connectivity index (χ0) is 13.0. The molecule has 3 nitrogen and oxygen atoms in total. The molecule has 0 bridgehead atoms. The Kier molecular flexibility index (Phi) is 5.08. The van der Waals surface area contributed by atoms with E-state index in [1.807, 2.05) is 13.8 Å². The van der Waals surface area contributed by atoms with Crippen LogP contribution in [0.15, 0.2) is 22.7 Å². The van der Waals surface area contributed by atoms with Crippen molar-refractivity contribution in [2.75, 3.05) is 11.9 Å². The van der Waals surface area contributed by atoms with E-state index in [0.29, 0.717) is 10.2 Å². The molecule has 3 N–H and O–H groups in total. The van der Waals surface area contributed by atoms with Crippen LogP contribution in [0.25, 0.3) is 0 Å². The molecular formula is C12H16BrFN2O. The Labute approximate surface area is 109 Å². The van der Waals surface area contributed by atoms with Gasteiger partial charge in [0.05, 0.1) is 10.4 Å². The molecule has 0 aliphatic rings. The summed E-state index contributed by atoms with van der Waals surface area (Å²) in [4.78, 5) is 11.9. The Bertz CT molecular complexity index is 409. The standard InChI is InChI=1S/C12H16BrFN2O/c1-7(2)9(6-15)12(17)16-8-3-4-10(13)11(14)5-8/h3-5,7,9H,6,15H2,1-2H3,(H,16,17). The monoisotopic (exact) mass is 302 g/mol. The van der Waals surface area contributed by atoms with E-state index in [9.17, 15) is 9.18 Å². The average Bonchev–Trinajstić information content (AvgIpc) is 2.24. The summed E-state index contributed by atoms with van der Waals surface area (Å²) in [6, 6.07) is 4.46. The predicted octanol–water partition coefficient (Wildman–Crippen LogP) is 2.76. The molecule has 0 fully saturated rings. The molecule has 0 aliphatic heterocycles. The van der Waals surface area contributed by atoms with Crippen molar-refractivity contribution in [1.29, 1.82) is 0 Å². The van der Waals surface area contributed by atoms with Crippen molar-refractivity contribution in [3.8, 4) is 0 Å². The van der Waals surface area contributed by atoms with Crippen molar-refractivity contribution in [2.45, 2.75) is 13.8 Å². The first kappa shape index (κ1) is 14.1. The lowest BCUT2D eigenvalue weighted by atomic mass is 9.95. The SMILES string of the molecule is CC(C)C(CN)C(=O)Nc1ccc(Br)c(F)c1. The highest BCUT2D eigenvalue weighted by Crippen LogP contribution is 2.20. The number of benzene rings is 1. The van der Waals surface area contributed by atoms with Crippen LogP contribution in [0, 0.1) is 17.7 Å². The Hall–Kier alpha value is -0.940. The van der Waals surface area contributed by atoms with Crippen molar-refractivity contribution >= 4 is 27.5 Å². The van der Waals surface area contributed by atoms with Crippen molar-refractivity contribution in [3.63, 3.8) is 0 Å². The van der Waals surface area contributed by atoms with Gasteiger partial charge in [-0.1, -0.05) is 13.8 Å². The molecule has 94 valence electrons. The van der Waals surface area contributed by atoms with Gasteiger partial charge in [-0.2, -0.15) is 0 Å². The minimum atomic E-state index is -0.406. The summed E-state index contributed by atoms with van der Waals surface area (Å²) < 4.78 is 13.6. The summed E-state index contributed by atoms with van der Waals surface area (Å²) in [5, 5.41) is 2.66. The van der Waals surface area contributed by atoms with Crippen LogP contribution in [-0.2, 0) is 4.79 Å². The van der Waals surface area contributed by atoms with Crippen LogP contribution in [-0.4, -0.2) is 12.5 Å². The molecule has 1 aromatic carbocycles. The van der Waals surface area contributed by atoms with E-state index in [4.69, 9.17) is 5.73 Å². The number of carbonyl (C=O) groups excluding carboxylic acids is 1. The van der Waals surface area contributed by atoms with Crippen molar-refractivity contribution in [1.82, 2.24) is 0 Å². The first-order valence-electron chi connectivity index (χ1n) is 5.41. The summed E-state index contributed by atoms with van der Waals surface area (Å²) in [7, 11) is 0. The number of anilines is 1. The quantitative estimate of drug-likeness (QED) is 0.898. The van der Waals surface area contributed by atoms with E-state index < -0.39 is 5.82 Å². The number of hydrogen-bond acceptors (Lipinski definition) is 2. The molecule has 0 saturated heterocycles. The molecule has 1 aromatic rings. The number of nitrogens with one attached hydrogen (secondary N) is 1. The topological polar surface area (TPSA) is 55.1 Å². The molecule has 0 heterocycles. The van der Waals surface area contributed by atoms with Crippen LogP contribution >= 0.6 is 15.9 Å². The number of halogens is 2. The Morgan fingerprint density at radius 1 is 1.53 bits per heavy atom. The first-order valence-corrected chi connectivity index (χ1v) is 6.21. The fourth-order valence-corrected chi connectivity index (χ4v) is 1.74. The molecule has 1 rings (SSSR count). The highest BCUT2D eigenvalue weighted by molar-refractivity contribution is 9.10. The Morgan fingerprint density at radius 2 is 2.18 bits per heavy atom. The molecule has 0 spiro atoms. The van der Waals surface area contributed by atoms with E-state index >= 15 is 0 Å². The normalized spacial score (nSPS) is 12.6. The lowest BCUT2D eigenvalue weighted by Gasteiger charge is -2.18. The Balaban J connectivity index is 2.77. The zero-order valence-electron chi connectivity index (χ0n) is 9.84. The highest BCUT2D eigenvalue weighted by Gasteiger charge is 2.20. The lowest BCUT2D eigenvalue weighted by molar-refractivity contribution is -0.120. The average molecular weight is 303 g/mol. The van der Waals surface area contributed by atoms with Crippen molar-refractivity contribution in [3.05, 3.63) is 28.5 Å². The maximum atomic E-state index is 13.2. The largest absolute Gasteiger partial charge is 0.330 e. The summed E-state index contributed by atoms with van der Waals surface area (Å²) in [5.41, 5.74) is 5.98. The number of carbonyl (C=O) groups is 1. The Morgan fingerprint density at radius 3 is 2.65 bits per heavy atom. The molecule has 1 atom stereocenters. The van der Waals surface area contributed by atoms with Gasteiger partial charge in [-0.25, -0.2) is 4.39 Å². The van der Waals surface area contributed by atoms with Crippen molar-refractivity contribution < 1.29 is 9.18 Å². The molecule has 17 heavy (non-hydrogen) atoms. The number of hydrogen-bond donors (Lipinski definition) is 2. The van der Waals surface area contributed by atoms with Gasteiger partial charge in [0.15, 0.2) is 0 Å². The highest BCUT2D eigenvalue weighted by atomic mass is 79.9. The van der Waals surface area contributed by atoms with Gasteiger partial charge in [0.1, 0.15) is 5.82 Å². The van der Waals surface area contributed by atoms with E-state index in [1.54, 1.807) is 12.1 Å². The molecule has 0 radical (unpaired) electrons. The number of amides is 1. The van der Waals surface area contributed by atoms with Gasteiger partial charge in [-0.15, -0.1) is 0 Å². The second-order valence-electron chi connectivity index (χ2n) is 4.20. The summed E-state index contributed by atoms with van der Waals surface area (Å²) in [5.74, 6) is -0.692. The third-order valence-corrected chi connectivity index (χ3v) is 3.23. The predicted molar refractivity (Wildman–Crippen MR) is 70.1 cm³/mol. The van der Waals surface area contributed by atoms with Crippen LogP contribution in [0.3, 0.4) is 0 Å². The maximum absolute atomic E-state index is 13.2. The smallest absolute Gasteiger partial charge is 0.229 e. The molecular weight excluding hydrogens is 287 g/mol. The van der Waals surface area contributed by atoms with E-state index in [0.717, 1.165) is 0 Å². The fourth-order valence-electron chi connectivity index (χ4n) is 1.49. The second-order valence-corrected chi connectivity index (χ2v) is 5.06. The fraction of sp³-hybridized carbons (Fsp3) is 0.417. The van der Waals surface area contributed by atoms with Gasteiger partial charge in [0, 0.05) is 12.2 Å². The van der Waals surface area contributed by atoms with Crippen molar-refractivity contribution in [2.24, 2.45) is 17.6 Å². The van der Waals surface area contributed by atoms with Crippen LogP contribution in [0.4, 0.5) is 10.1 Å². The van der Waals surface area contributed by atoms with E-state index in [-0.39, 0.29) is 24.3 Å². The van der Waals surface area contributed by atoms with Gasteiger partial charge in [0.25, 0.3) is 0 Å². The minimum Gasteiger partial charge on any atom is -0.330 e.